The van der Waals surface area contributed by atoms with Crippen LogP contribution in [-0.2, 0) is 4.79 Å². The largest absolute Gasteiger partial charge is 0.469 e. The summed E-state index contributed by atoms with van der Waals surface area (Å²) in [6.07, 6.45) is 1.38. The number of hydrogen-bond donors (Lipinski definition) is 3. The molecular formula is C16H18FN3O3. The van der Waals surface area contributed by atoms with E-state index >= 15 is 0 Å². The topological polar surface area (TPSA) is 97.4 Å². The predicted octanol–water partition coefficient (Wildman–Crippen LogP) is 2.66. The van der Waals surface area contributed by atoms with Gasteiger partial charge in [-0.25, -0.2) is 4.39 Å². The molecule has 0 bridgehead atoms. The molecule has 0 aliphatic carbocycles. The van der Waals surface area contributed by atoms with Gasteiger partial charge in [-0.3, -0.25) is 9.59 Å². The predicted molar refractivity (Wildman–Crippen MR) is 84.7 cm³/mol. The van der Waals surface area contributed by atoms with Crippen molar-refractivity contribution in [2.24, 2.45) is 5.73 Å². The first-order valence-electron chi connectivity index (χ1n) is 6.94. The van der Waals surface area contributed by atoms with Gasteiger partial charge in [0.25, 0.3) is 5.91 Å². The zero-order chi connectivity index (χ0) is 17.2. The van der Waals surface area contributed by atoms with Crippen LogP contribution in [0.2, 0.25) is 0 Å². The third-order valence-electron chi connectivity index (χ3n) is 3.16. The van der Waals surface area contributed by atoms with Crippen LogP contribution >= 0.6 is 0 Å². The Hall–Kier alpha value is -2.67. The van der Waals surface area contributed by atoms with E-state index in [0.29, 0.717) is 17.0 Å². The minimum absolute atomic E-state index is 0.0526. The van der Waals surface area contributed by atoms with Gasteiger partial charge in [-0.05, 0) is 45.0 Å². The number of hydrogen-bond acceptors (Lipinski definition) is 4. The van der Waals surface area contributed by atoms with Crippen molar-refractivity contribution in [1.82, 2.24) is 0 Å². The summed E-state index contributed by atoms with van der Waals surface area (Å²) in [4.78, 5) is 24.0. The number of nitrogens with one attached hydrogen (secondary N) is 2. The number of aryl methyl sites for hydroxylation is 1. The highest BCUT2D eigenvalue weighted by atomic mass is 19.1. The van der Waals surface area contributed by atoms with E-state index in [-0.39, 0.29) is 5.69 Å². The number of nitrogens with two attached hydrogens (primary N) is 1. The summed E-state index contributed by atoms with van der Waals surface area (Å²) in [6, 6.07) is 5.35. The van der Waals surface area contributed by atoms with Crippen LogP contribution in [-0.4, -0.2) is 17.4 Å². The molecule has 0 unspecified atom stereocenters. The zero-order valence-corrected chi connectivity index (χ0v) is 13.1. The zero-order valence-electron chi connectivity index (χ0n) is 13.1. The fourth-order valence-electron chi connectivity index (χ4n) is 1.80. The van der Waals surface area contributed by atoms with Crippen molar-refractivity contribution in [2.45, 2.75) is 26.3 Å². The van der Waals surface area contributed by atoms with Gasteiger partial charge in [-0.2, -0.15) is 0 Å². The first kappa shape index (κ1) is 16.7. The Morgan fingerprint density at radius 3 is 2.48 bits per heavy atom. The molecule has 4 N–H and O–H groups in total. The monoisotopic (exact) mass is 319 g/mol. The molecule has 0 spiro atoms. The van der Waals surface area contributed by atoms with Crippen LogP contribution in [0.25, 0.3) is 0 Å². The Labute approximate surface area is 132 Å². The Balaban J connectivity index is 2.19. The first-order chi connectivity index (χ1) is 10.7. The molecule has 7 heteroatoms. The maximum absolute atomic E-state index is 13.9. The van der Waals surface area contributed by atoms with Crippen LogP contribution in [0.1, 0.15) is 30.0 Å². The van der Waals surface area contributed by atoms with Gasteiger partial charge in [-0.15, -0.1) is 0 Å². The molecule has 2 amide bonds. The lowest BCUT2D eigenvalue weighted by Crippen LogP contribution is -2.45. The molecule has 1 aromatic carbocycles. The van der Waals surface area contributed by atoms with Crippen molar-refractivity contribution in [1.29, 1.82) is 0 Å². The van der Waals surface area contributed by atoms with Crippen molar-refractivity contribution < 1.29 is 18.4 Å². The molecule has 0 atom stereocenters. The number of amides is 2. The van der Waals surface area contributed by atoms with Crippen LogP contribution in [0.5, 0.6) is 0 Å². The number of benzene rings is 1. The standard InChI is InChI=1S/C16H18FN3O3/c1-9-11(6-7-23-9)14(21)20-13-8-10(4-5-12(13)17)19-15(22)16(2,3)18/h4-8H,18H2,1-3H3,(H,19,22)(H,20,21). The number of halogens is 1. The molecule has 1 heterocycles. The molecule has 0 aliphatic rings. The Morgan fingerprint density at radius 2 is 1.91 bits per heavy atom. The van der Waals surface area contributed by atoms with E-state index in [1.54, 1.807) is 20.8 Å². The number of carbonyl (C=O) groups is 2. The normalized spacial score (nSPS) is 11.2. The maximum atomic E-state index is 13.9. The molecule has 0 fully saturated rings. The summed E-state index contributed by atoms with van der Waals surface area (Å²) in [5.41, 5.74) is 5.20. The minimum atomic E-state index is -1.08. The minimum Gasteiger partial charge on any atom is -0.469 e. The average Bonchev–Trinajstić information content (AvgIpc) is 2.87. The second kappa shape index (κ2) is 6.21. The quantitative estimate of drug-likeness (QED) is 0.807. The van der Waals surface area contributed by atoms with Crippen molar-refractivity contribution >= 4 is 23.2 Å². The molecule has 1 aromatic heterocycles. The fraction of sp³-hybridized carbons (Fsp3) is 0.250. The van der Waals surface area contributed by atoms with E-state index in [1.807, 2.05) is 0 Å². The van der Waals surface area contributed by atoms with Gasteiger partial charge in [0.1, 0.15) is 11.6 Å². The third kappa shape index (κ3) is 3.95. The second-order valence-electron chi connectivity index (χ2n) is 5.72. The van der Waals surface area contributed by atoms with E-state index in [1.165, 1.54) is 24.5 Å². The van der Waals surface area contributed by atoms with Gasteiger partial charge < -0.3 is 20.8 Å². The summed E-state index contributed by atoms with van der Waals surface area (Å²) >= 11 is 0. The molecule has 23 heavy (non-hydrogen) atoms. The molecular weight excluding hydrogens is 301 g/mol. The lowest BCUT2D eigenvalue weighted by molar-refractivity contribution is -0.120. The smallest absolute Gasteiger partial charge is 0.259 e. The Morgan fingerprint density at radius 1 is 1.22 bits per heavy atom. The number of carbonyl (C=O) groups excluding carboxylic acids is 2. The van der Waals surface area contributed by atoms with E-state index < -0.39 is 23.2 Å². The lowest BCUT2D eigenvalue weighted by atomic mass is 10.1. The lowest BCUT2D eigenvalue weighted by Gasteiger charge is -2.18. The summed E-state index contributed by atoms with van der Waals surface area (Å²) in [5.74, 6) is -1.12. The molecule has 0 saturated heterocycles. The van der Waals surface area contributed by atoms with Crippen LogP contribution in [0.4, 0.5) is 15.8 Å². The fourth-order valence-corrected chi connectivity index (χ4v) is 1.80. The summed E-state index contributed by atoms with van der Waals surface area (Å²) < 4.78 is 18.9. The summed E-state index contributed by atoms with van der Waals surface area (Å²) in [7, 11) is 0. The number of furan rings is 1. The van der Waals surface area contributed by atoms with Gasteiger partial charge in [0, 0.05) is 5.69 Å². The summed E-state index contributed by atoms with van der Waals surface area (Å²) in [6.45, 7) is 4.73. The number of rotatable bonds is 4. The molecule has 0 aliphatic heterocycles. The maximum Gasteiger partial charge on any atom is 0.259 e. The Kier molecular flexibility index (Phi) is 4.51. The SMILES string of the molecule is Cc1occc1C(=O)Nc1cc(NC(=O)C(C)(C)N)ccc1F. The van der Waals surface area contributed by atoms with Crippen molar-refractivity contribution in [3.63, 3.8) is 0 Å². The molecule has 2 aromatic rings. The molecule has 2 rings (SSSR count). The molecule has 6 nitrogen and oxygen atoms in total. The van der Waals surface area contributed by atoms with Gasteiger partial charge in [0.2, 0.25) is 5.91 Å². The van der Waals surface area contributed by atoms with Crippen LogP contribution in [0.3, 0.4) is 0 Å². The van der Waals surface area contributed by atoms with Crippen LogP contribution in [0, 0.1) is 12.7 Å². The van der Waals surface area contributed by atoms with Crippen LogP contribution in [0.15, 0.2) is 34.9 Å². The average molecular weight is 319 g/mol. The molecule has 122 valence electrons. The van der Waals surface area contributed by atoms with Crippen molar-refractivity contribution in [3.05, 3.63) is 47.7 Å². The van der Waals surface area contributed by atoms with E-state index in [2.05, 4.69) is 10.6 Å². The van der Waals surface area contributed by atoms with Gasteiger partial charge in [0.15, 0.2) is 0 Å². The first-order valence-corrected chi connectivity index (χ1v) is 6.94. The van der Waals surface area contributed by atoms with Crippen molar-refractivity contribution in [3.8, 4) is 0 Å². The second-order valence-corrected chi connectivity index (χ2v) is 5.72. The highest BCUT2D eigenvalue weighted by Gasteiger charge is 2.22. The molecule has 0 radical (unpaired) electrons. The highest BCUT2D eigenvalue weighted by Crippen LogP contribution is 2.22. The van der Waals surface area contributed by atoms with Gasteiger partial charge in [0.05, 0.1) is 23.1 Å². The highest BCUT2D eigenvalue weighted by molar-refractivity contribution is 6.05. The number of anilines is 2. The van der Waals surface area contributed by atoms with Gasteiger partial charge in [-0.1, -0.05) is 0 Å². The van der Waals surface area contributed by atoms with E-state index in [9.17, 15) is 14.0 Å². The third-order valence-corrected chi connectivity index (χ3v) is 3.16. The Bertz CT molecular complexity index is 747. The van der Waals surface area contributed by atoms with Gasteiger partial charge >= 0.3 is 0 Å². The summed E-state index contributed by atoms with van der Waals surface area (Å²) in [5, 5.41) is 5.02. The van der Waals surface area contributed by atoms with E-state index in [4.69, 9.17) is 10.2 Å². The van der Waals surface area contributed by atoms with E-state index in [0.717, 1.165) is 6.07 Å². The molecule has 0 saturated carbocycles. The van der Waals surface area contributed by atoms with Crippen LogP contribution < -0.4 is 16.4 Å². The van der Waals surface area contributed by atoms with Crippen molar-refractivity contribution in [2.75, 3.05) is 10.6 Å².